The number of carboxylic acid groups (broad SMARTS) is 1. The number of Topliss-reactive ketones (excluding diaryl/α,β-unsaturated/α-hetero) is 1. The van der Waals surface area contributed by atoms with Gasteiger partial charge in [0.25, 0.3) is 5.78 Å². The molecular weight excluding hydrogens is 518 g/mol. The van der Waals surface area contributed by atoms with E-state index in [-0.39, 0.29) is 27.9 Å². The number of hydrogen-bond donors (Lipinski definition) is 2. The molecule has 4 aromatic rings. The number of carbonyl (C=O) groups is 3. The number of thiazole rings is 1. The van der Waals surface area contributed by atoms with Crippen molar-refractivity contribution in [3.05, 3.63) is 88.2 Å². The molecule has 1 unspecified atom stereocenters. The lowest BCUT2D eigenvalue weighted by atomic mass is 9.91. The number of aromatic nitrogens is 2. The van der Waals surface area contributed by atoms with Crippen molar-refractivity contribution in [2.45, 2.75) is 32.7 Å². The Kier molecular flexibility index (Phi) is 6.65. The predicted molar refractivity (Wildman–Crippen MR) is 147 cm³/mol. The molecule has 2 aromatic carbocycles. The fourth-order valence-electron chi connectivity index (χ4n) is 4.76. The van der Waals surface area contributed by atoms with Crippen molar-refractivity contribution in [1.82, 2.24) is 9.97 Å². The Balaban J connectivity index is 1.73. The molecule has 1 saturated heterocycles. The van der Waals surface area contributed by atoms with Crippen molar-refractivity contribution in [2.75, 3.05) is 12.0 Å². The van der Waals surface area contributed by atoms with E-state index in [1.165, 1.54) is 23.2 Å². The number of ketones is 1. The maximum atomic E-state index is 13.5. The number of aliphatic hydroxyl groups is 1. The van der Waals surface area contributed by atoms with Gasteiger partial charge in [-0.2, -0.15) is 0 Å². The minimum absolute atomic E-state index is 0.0714. The van der Waals surface area contributed by atoms with Crippen LogP contribution in [-0.2, 0) is 9.59 Å². The Morgan fingerprint density at radius 2 is 1.90 bits per heavy atom. The van der Waals surface area contributed by atoms with E-state index in [1.54, 1.807) is 50.6 Å². The van der Waals surface area contributed by atoms with Gasteiger partial charge in [0.2, 0.25) is 0 Å². The molecular formula is C29H25N3O6S. The second-order valence-corrected chi connectivity index (χ2v) is 10.5. The van der Waals surface area contributed by atoms with Gasteiger partial charge in [-0.05, 0) is 65.9 Å². The van der Waals surface area contributed by atoms with Gasteiger partial charge in [-0.3, -0.25) is 19.5 Å². The number of anilines is 1. The molecule has 3 heterocycles. The first-order chi connectivity index (χ1) is 18.6. The Morgan fingerprint density at radius 1 is 1.13 bits per heavy atom. The van der Waals surface area contributed by atoms with Crippen molar-refractivity contribution in [2.24, 2.45) is 0 Å². The third-order valence-corrected chi connectivity index (χ3v) is 7.75. The highest BCUT2D eigenvalue weighted by Crippen LogP contribution is 2.45. The van der Waals surface area contributed by atoms with Gasteiger partial charge < -0.3 is 14.9 Å². The number of aryl methyl sites for hydroxylation is 1. The van der Waals surface area contributed by atoms with Gasteiger partial charge in [-0.1, -0.05) is 31.3 Å². The second-order valence-electron chi connectivity index (χ2n) is 9.50. The molecule has 0 radical (unpaired) electrons. The molecule has 1 fully saturated rings. The molecule has 10 heteroatoms. The van der Waals surface area contributed by atoms with Gasteiger partial charge in [0.15, 0.2) is 5.13 Å². The molecule has 1 atom stereocenters. The number of pyridine rings is 1. The smallest absolute Gasteiger partial charge is 0.335 e. The molecule has 2 N–H and O–H groups in total. The average Bonchev–Trinajstić information content (AvgIpc) is 3.45. The van der Waals surface area contributed by atoms with E-state index >= 15 is 0 Å². The van der Waals surface area contributed by atoms with Crippen molar-refractivity contribution in [3.63, 3.8) is 0 Å². The number of benzene rings is 2. The Hall–Kier alpha value is -4.57. The van der Waals surface area contributed by atoms with Crippen LogP contribution < -0.4 is 9.64 Å². The van der Waals surface area contributed by atoms with Crippen LogP contribution in [0.1, 0.15) is 58.4 Å². The van der Waals surface area contributed by atoms with E-state index < -0.39 is 23.7 Å². The summed E-state index contributed by atoms with van der Waals surface area (Å²) in [6, 6.07) is 10.5. The SMILES string of the molecule is COc1cc(C)c(/C(O)=C2\C(=O)C(=O)N(c3nc4ccc(C(=O)O)cc4s3)C2c2cccnc2)cc1C(C)C. The molecule has 1 aliphatic rings. The van der Waals surface area contributed by atoms with Crippen LogP contribution in [0.2, 0.25) is 0 Å². The maximum absolute atomic E-state index is 13.5. The maximum Gasteiger partial charge on any atom is 0.335 e. The Bertz CT molecular complexity index is 1680. The first kappa shape index (κ1) is 26.1. The number of nitrogens with zero attached hydrogens (tertiary/aromatic N) is 3. The molecule has 1 amide bonds. The van der Waals surface area contributed by atoms with Gasteiger partial charge >= 0.3 is 11.9 Å². The number of methoxy groups -OCH3 is 1. The number of aliphatic hydroxyl groups excluding tert-OH is 1. The lowest BCUT2D eigenvalue weighted by molar-refractivity contribution is -0.132. The molecule has 0 bridgehead atoms. The third kappa shape index (κ3) is 4.42. The summed E-state index contributed by atoms with van der Waals surface area (Å²) in [6.45, 7) is 5.79. The van der Waals surface area contributed by atoms with E-state index in [4.69, 9.17) is 4.74 Å². The zero-order chi connectivity index (χ0) is 28.0. The first-order valence-electron chi connectivity index (χ1n) is 12.2. The molecule has 0 spiro atoms. The van der Waals surface area contributed by atoms with Crippen LogP contribution in [0, 0.1) is 6.92 Å². The molecule has 1 aliphatic heterocycles. The van der Waals surface area contributed by atoms with E-state index in [9.17, 15) is 24.6 Å². The van der Waals surface area contributed by atoms with Crippen molar-refractivity contribution >= 4 is 50.1 Å². The fourth-order valence-corrected chi connectivity index (χ4v) is 5.79. The number of aromatic carboxylic acids is 1. The van der Waals surface area contributed by atoms with Crippen LogP contribution in [-0.4, -0.2) is 45.0 Å². The zero-order valence-corrected chi connectivity index (χ0v) is 22.4. The monoisotopic (exact) mass is 543 g/mol. The normalized spacial score (nSPS) is 16.8. The molecule has 5 rings (SSSR count). The summed E-state index contributed by atoms with van der Waals surface area (Å²) >= 11 is 1.09. The number of carbonyl (C=O) groups excluding carboxylic acids is 2. The van der Waals surface area contributed by atoms with E-state index in [2.05, 4.69) is 9.97 Å². The molecule has 0 aliphatic carbocycles. The lowest BCUT2D eigenvalue weighted by Crippen LogP contribution is -2.29. The summed E-state index contributed by atoms with van der Waals surface area (Å²) in [5, 5.41) is 21.2. The van der Waals surface area contributed by atoms with Gasteiger partial charge in [0.05, 0.1) is 34.5 Å². The standard InChI is InChI=1S/C29H25N3O6S/c1-14(2)18-12-19(15(3)10-21(18)38-4)25(33)23-24(17-6-5-9-30-13-17)32(27(35)26(23)34)29-31-20-8-7-16(28(36)37)11-22(20)39-29/h5-14,24,33H,1-4H3,(H,36,37)/b25-23+. The average molecular weight is 544 g/mol. The number of ether oxygens (including phenoxy) is 1. The molecule has 2 aromatic heterocycles. The third-order valence-electron chi connectivity index (χ3n) is 6.73. The highest BCUT2D eigenvalue weighted by atomic mass is 32.1. The Morgan fingerprint density at radius 3 is 2.54 bits per heavy atom. The van der Waals surface area contributed by atoms with Crippen molar-refractivity contribution < 1.29 is 29.3 Å². The quantitative estimate of drug-likeness (QED) is 0.186. The number of amides is 1. The molecule has 39 heavy (non-hydrogen) atoms. The number of fused-ring (bicyclic) bond motifs is 1. The van der Waals surface area contributed by atoms with Gasteiger partial charge in [0.1, 0.15) is 11.5 Å². The topological polar surface area (TPSA) is 130 Å². The summed E-state index contributed by atoms with van der Waals surface area (Å²) < 4.78 is 6.07. The minimum atomic E-state index is -1.08. The van der Waals surface area contributed by atoms with Crippen LogP contribution in [0.3, 0.4) is 0 Å². The highest BCUT2D eigenvalue weighted by Gasteiger charge is 2.48. The fraction of sp³-hybridized carbons (Fsp3) is 0.207. The van der Waals surface area contributed by atoms with Crippen LogP contribution in [0.15, 0.2) is 60.4 Å². The second kappa shape index (κ2) is 9.95. The predicted octanol–water partition coefficient (Wildman–Crippen LogP) is 5.46. The van der Waals surface area contributed by atoms with Crippen LogP contribution in [0.4, 0.5) is 5.13 Å². The van der Waals surface area contributed by atoms with E-state index in [1.807, 2.05) is 13.8 Å². The number of rotatable bonds is 6. The molecule has 198 valence electrons. The zero-order valence-electron chi connectivity index (χ0n) is 21.6. The van der Waals surface area contributed by atoms with Crippen LogP contribution in [0.25, 0.3) is 16.0 Å². The van der Waals surface area contributed by atoms with Gasteiger partial charge in [-0.15, -0.1) is 0 Å². The highest BCUT2D eigenvalue weighted by molar-refractivity contribution is 7.22. The van der Waals surface area contributed by atoms with Crippen LogP contribution >= 0.6 is 11.3 Å². The summed E-state index contributed by atoms with van der Waals surface area (Å²) in [7, 11) is 1.57. The van der Waals surface area contributed by atoms with Gasteiger partial charge in [0, 0.05) is 18.0 Å². The minimum Gasteiger partial charge on any atom is -0.507 e. The summed E-state index contributed by atoms with van der Waals surface area (Å²) in [5.41, 5.74) is 2.93. The van der Waals surface area contributed by atoms with Crippen molar-refractivity contribution in [3.8, 4) is 5.75 Å². The van der Waals surface area contributed by atoms with E-state index in [0.29, 0.717) is 32.7 Å². The molecule has 0 saturated carbocycles. The molecule has 9 nitrogen and oxygen atoms in total. The Labute approximate surface area is 228 Å². The number of carboxylic acids is 1. The summed E-state index contributed by atoms with van der Waals surface area (Å²) in [6.07, 6.45) is 3.11. The van der Waals surface area contributed by atoms with Crippen LogP contribution in [0.5, 0.6) is 5.75 Å². The summed E-state index contributed by atoms with van der Waals surface area (Å²) in [5.74, 6) is -2.36. The van der Waals surface area contributed by atoms with E-state index in [0.717, 1.165) is 16.9 Å². The summed E-state index contributed by atoms with van der Waals surface area (Å²) in [4.78, 5) is 48.5. The lowest BCUT2D eigenvalue weighted by Gasteiger charge is -2.23. The first-order valence-corrected chi connectivity index (χ1v) is 13.0. The largest absolute Gasteiger partial charge is 0.507 e. The van der Waals surface area contributed by atoms with Gasteiger partial charge in [-0.25, -0.2) is 9.78 Å². The number of hydrogen-bond acceptors (Lipinski definition) is 8. The van der Waals surface area contributed by atoms with Crippen molar-refractivity contribution in [1.29, 1.82) is 0 Å².